The summed E-state index contributed by atoms with van der Waals surface area (Å²) in [4.78, 5) is 21.2. The number of fused-ring (bicyclic) bond motifs is 2. The second-order valence-corrected chi connectivity index (χ2v) is 8.72. The third kappa shape index (κ3) is 3.22. The molecule has 0 aliphatic rings. The molecule has 0 amide bonds. The van der Waals surface area contributed by atoms with Gasteiger partial charge in [-0.15, -0.1) is 0 Å². The van der Waals surface area contributed by atoms with Gasteiger partial charge in [0.1, 0.15) is 11.6 Å². The van der Waals surface area contributed by atoms with E-state index in [1.165, 1.54) is 0 Å². The Bertz CT molecular complexity index is 1500. The first-order valence-electron chi connectivity index (χ1n) is 9.73. The summed E-state index contributed by atoms with van der Waals surface area (Å²) in [7, 11) is 0. The highest BCUT2D eigenvalue weighted by Gasteiger charge is 2.18. The number of H-pyrrole nitrogens is 1. The molecular weight excluding hydrogens is 410 g/mol. The molecule has 4 heterocycles. The van der Waals surface area contributed by atoms with E-state index in [9.17, 15) is 0 Å². The van der Waals surface area contributed by atoms with E-state index in [4.69, 9.17) is 21.8 Å². The van der Waals surface area contributed by atoms with Gasteiger partial charge in [0.25, 0.3) is 0 Å². The van der Waals surface area contributed by atoms with Crippen LogP contribution in [0.5, 0.6) is 0 Å². The van der Waals surface area contributed by atoms with Crippen LogP contribution in [0.1, 0.15) is 26.5 Å². The average molecular weight is 428 g/mol. The van der Waals surface area contributed by atoms with Crippen molar-refractivity contribution < 1.29 is 0 Å². The number of pyridine rings is 1. The summed E-state index contributed by atoms with van der Waals surface area (Å²) in [5.74, 6) is 0. The topological polar surface area (TPSA) is 96.1 Å². The Hall–Kier alpha value is -3.76. The molecule has 0 fully saturated rings. The maximum absolute atomic E-state index is 9.05. The number of rotatable bonds is 2. The lowest BCUT2D eigenvalue weighted by atomic mass is 10.1. The minimum Gasteiger partial charge on any atom is -0.344 e. The highest BCUT2D eigenvalue weighted by Crippen LogP contribution is 2.32. The average Bonchev–Trinajstić information content (AvgIpc) is 3.36. The van der Waals surface area contributed by atoms with Gasteiger partial charge in [0, 0.05) is 29.1 Å². The largest absolute Gasteiger partial charge is 0.344 e. The summed E-state index contributed by atoms with van der Waals surface area (Å²) in [6, 6.07) is 9.84. The first-order chi connectivity index (χ1) is 14.8. The van der Waals surface area contributed by atoms with Crippen LogP contribution >= 0.6 is 11.6 Å². The summed E-state index contributed by atoms with van der Waals surface area (Å²) in [5, 5.41) is 9.34. The van der Waals surface area contributed by atoms with Crippen molar-refractivity contribution in [2.24, 2.45) is 0 Å². The maximum Gasteiger partial charge on any atom is 0.159 e. The zero-order valence-corrected chi connectivity index (χ0v) is 17.9. The predicted molar refractivity (Wildman–Crippen MR) is 121 cm³/mol. The molecule has 4 aromatic heterocycles. The van der Waals surface area contributed by atoms with Gasteiger partial charge in [-0.25, -0.2) is 19.9 Å². The first kappa shape index (κ1) is 19.2. The summed E-state index contributed by atoms with van der Waals surface area (Å²) in [5.41, 5.74) is 6.85. The molecule has 0 atom stereocenters. The van der Waals surface area contributed by atoms with Crippen LogP contribution in [-0.2, 0) is 5.54 Å². The van der Waals surface area contributed by atoms with Gasteiger partial charge in [0.05, 0.1) is 34.3 Å². The first-order valence-corrected chi connectivity index (χ1v) is 10.1. The molecule has 0 saturated carbocycles. The number of nitriles is 1. The van der Waals surface area contributed by atoms with E-state index in [2.05, 4.69) is 51.3 Å². The Labute approximate surface area is 183 Å². The van der Waals surface area contributed by atoms with Gasteiger partial charge < -0.3 is 9.55 Å². The van der Waals surface area contributed by atoms with E-state index in [0.29, 0.717) is 16.9 Å². The Morgan fingerprint density at radius 1 is 1.06 bits per heavy atom. The molecule has 0 aliphatic carbocycles. The molecule has 31 heavy (non-hydrogen) atoms. The lowest BCUT2D eigenvalue weighted by Gasteiger charge is -2.21. The summed E-state index contributed by atoms with van der Waals surface area (Å²) in [6.45, 7) is 6.46. The van der Waals surface area contributed by atoms with Crippen molar-refractivity contribution in [2.75, 3.05) is 0 Å². The van der Waals surface area contributed by atoms with Gasteiger partial charge >= 0.3 is 0 Å². The number of nitrogens with zero attached hydrogens (tertiary/aromatic N) is 6. The maximum atomic E-state index is 9.05. The molecule has 7 nitrogen and oxygen atoms in total. The van der Waals surface area contributed by atoms with Crippen molar-refractivity contribution in [2.45, 2.75) is 26.3 Å². The van der Waals surface area contributed by atoms with E-state index in [1.54, 1.807) is 18.5 Å². The molecule has 5 rings (SSSR count). The van der Waals surface area contributed by atoms with Crippen molar-refractivity contribution in [3.63, 3.8) is 0 Å². The Morgan fingerprint density at radius 3 is 2.65 bits per heavy atom. The molecule has 1 aromatic carbocycles. The number of nitrogens with one attached hydrogen (secondary N) is 1. The fourth-order valence-corrected chi connectivity index (χ4v) is 3.83. The molecule has 1 N–H and O–H groups in total. The van der Waals surface area contributed by atoms with E-state index in [-0.39, 0.29) is 16.3 Å². The van der Waals surface area contributed by atoms with Gasteiger partial charge in [0.15, 0.2) is 11.3 Å². The fourth-order valence-electron chi connectivity index (χ4n) is 3.62. The second kappa shape index (κ2) is 6.89. The van der Waals surface area contributed by atoms with Gasteiger partial charge in [-0.3, -0.25) is 0 Å². The third-order valence-corrected chi connectivity index (χ3v) is 5.49. The van der Waals surface area contributed by atoms with E-state index in [1.807, 2.05) is 30.7 Å². The minimum atomic E-state index is -0.0809. The monoisotopic (exact) mass is 427 g/mol. The lowest BCUT2D eigenvalue weighted by Crippen LogP contribution is -2.20. The zero-order chi connectivity index (χ0) is 21.8. The fraction of sp³-hybridized carbons (Fsp3) is 0.174. The highest BCUT2D eigenvalue weighted by molar-refractivity contribution is 6.31. The molecule has 8 heteroatoms. The van der Waals surface area contributed by atoms with Gasteiger partial charge in [0.2, 0.25) is 0 Å². The van der Waals surface area contributed by atoms with E-state index < -0.39 is 0 Å². The third-order valence-electron chi connectivity index (χ3n) is 5.20. The van der Waals surface area contributed by atoms with E-state index >= 15 is 0 Å². The van der Waals surface area contributed by atoms with Gasteiger partial charge in [-0.05, 0) is 44.5 Å². The highest BCUT2D eigenvalue weighted by atomic mass is 35.5. The van der Waals surface area contributed by atoms with Crippen molar-refractivity contribution in [1.29, 1.82) is 5.26 Å². The van der Waals surface area contributed by atoms with Crippen LogP contribution < -0.4 is 0 Å². The molecule has 0 saturated heterocycles. The van der Waals surface area contributed by atoms with Crippen LogP contribution in [-0.4, -0.2) is 29.5 Å². The zero-order valence-electron chi connectivity index (χ0n) is 17.2. The van der Waals surface area contributed by atoms with Crippen molar-refractivity contribution in [3.05, 3.63) is 59.9 Å². The van der Waals surface area contributed by atoms with Crippen molar-refractivity contribution in [1.82, 2.24) is 29.5 Å². The molecule has 0 bridgehead atoms. The number of aromatic nitrogens is 6. The van der Waals surface area contributed by atoms with Gasteiger partial charge in [-0.1, -0.05) is 17.7 Å². The number of benzene rings is 1. The van der Waals surface area contributed by atoms with E-state index in [0.717, 1.165) is 27.7 Å². The van der Waals surface area contributed by atoms with Crippen LogP contribution in [0.25, 0.3) is 44.6 Å². The molecule has 0 aliphatic heterocycles. The van der Waals surface area contributed by atoms with Crippen molar-refractivity contribution in [3.8, 4) is 28.5 Å². The van der Waals surface area contributed by atoms with Crippen LogP contribution in [0.3, 0.4) is 0 Å². The summed E-state index contributed by atoms with van der Waals surface area (Å²) in [6.07, 6.45) is 7.04. The minimum absolute atomic E-state index is 0.0809. The molecular formula is C23H18ClN7. The number of hydrogen-bond donors (Lipinski definition) is 1. The lowest BCUT2D eigenvalue weighted by molar-refractivity contribution is 0.408. The summed E-state index contributed by atoms with van der Waals surface area (Å²) >= 11 is 6.15. The number of imidazole rings is 1. The quantitative estimate of drug-likeness (QED) is 0.411. The molecule has 0 unspecified atom stereocenters. The van der Waals surface area contributed by atoms with Crippen LogP contribution in [0.15, 0.2) is 49.2 Å². The van der Waals surface area contributed by atoms with Gasteiger partial charge in [-0.2, -0.15) is 5.26 Å². The van der Waals surface area contributed by atoms with Crippen LogP contribution in [0.2, 0.25) is 5.02 Å². The Balaban J connectivity index is 1.65. The normalized spacial score (nSPS) is 11.8. The smallest absolute Gasteiger partial charge is 0.159 e. The number of halogens is 1. The predicted octanol–water partition coefficient (Wildman–Crippen LogP) is 5.32. The Morgan fingerprint density at radius 2 is 1.90 bits per heavy atom. The van der Waals surface area contributed by atoms with Crippen LogP contribution in [0, 0.1) is 11.3 Å². The molecule has 5 aromatic rings. The second-order valence-electron chi connectivity index (χ2n) is 8.31. The molecule has 0 radical (unpaired) electrons. The van der Waals surface area contributed by atoms with Crippen molar-refractivity contribution >= 4 is 33.8 Å². The molecule has 152 valence electrons. The number of hydrogen-bond acceptors (Lipinski definition) is 5. The molecule has 0 spiro atoms. The number of aromatic amines is 1. The Kier molecular flexibility index (Phi) is 4.27. The van der Waals surface area contributed by atoms with Crippen LogP contribution in [0.4, 0.5) is 0 Å². The summed E-state index contributed by atoms with van der Waals surface area (Å²) < 4.78 is 2.17. The standard InChI is InChI=1S/C23H18ClN7/c1-23(2,3)31-12-29-17-5-4-13(7-20(17)31)15-10-27-22-21(15)30-19(11-28-22)14-6-16(24)18(8-25)26-9-14/h4-7,9-12H,1-3H3,(H,27,28). The SMILES string of the molecule is CC(C)(C)n1cnc2ccc(-c3c[nH]c4ncc(-c5cnc(C#N)c(Cl)c5)nc34)cc21.